The number of carbonyl (C=O) groups excluding carboxylic acids is 1. The first-order chi connectivity index (χ1) is 15.2. The van der Waals surface area contributed by atoms with Crippen LogP contribution >= 0.6 is 0 Å². The SMILES string of the molecule is CC(C)(O)OCCc1cc(NC(=O)CN)nc(-c2ccc(Oc3ccc(F)cc3)cc2)c1. The number of nitrogens with two attached hydrogens (primary N) is 1. The molecule has 1 heterocycles. The summed E-state index contributed by atoms with van der Waals surface area (Å²) in [6.45, 7) is 3.26. The van der Waals surface area contributed by atoms with E-state index in [9.17, 15) is 14.3 Å². The van der Waals surface area contributed by atoms with Crippen LogP contribution in [-0.4, -0.2) is 34.9 Å². The molecule has 0 saturated carbocycles. The van der Waals surface area contributed by atoms with Crippen LogP contribution in [0.5, 0.6) is 11.5 Å². The molecule has 8 heteroatoms. The first-order valence-electron chi connectivity index (χ1n) is 10.1. The average Bonchev–Trinajstić information content (AvgIpc) is 2.75. The van der Waals surface area contributed by atoms with E-state index >= 15 is 0 Å². The lowest BCUT2D eigenvalue weighted by Gasteiger charge is -2.18. The molecule has 0 aliphatic rings. The van der Waals surface area contributed by atoms with Crippen molar-refractivity contribution in [3.8, 4) is 22.8 Å². The summed E-state index contributed by atoms with van der Waals surface area (Å²) in [4.78, 5) is 16.3. The van der Waals surface area contributed by atoms with Crippen LogP contribution in [0.15, 0.2) is 60.7 Å². The van der Waals surface area contributed by atoms with Gasteiger partial charge in [-0.2, -0.15) is 0 Å². The highest BCUT2D eigenvalue weighted by molar-refractivity contribution is 5.91. The van der Waals surface area contributed by atoms with E-state index in [0.717, 1.165) is 11.1 Å². The first kappa shape index (κ1) is 23.3. The largest absolute Gasteiger partial charge is 0.457 e. The predicted octanol–water partition coefficient (Wildman–Crippen LogP) is 3.86. The lowest BCUT2D eigenvalue weighted by Crippen LogP contribution is -2.24. The molecule has 168 valence electrons. The van der Waals surface area contributed by atoms with Crippen molar-refractivity contribution in [2.24, 2.45) is 5.73 Å². The summed E-state index contributed by atoms with van der Waals surface area (Å²) in [5, 5.41) is 12.4. The minimum atomic E-state index is -1.23. The minimum Gasteiger partial charge on any atom is -0.457 e. The monoisotopic (exact) mass is 439 g/mol. The Balaban J connectivity index is 1.80. The van der Waals surface area contributed by atoms with Gasteiger partial charge >= 0.3 is 0 Å². The van der Waals surface area contributed by atoms with Crippen LogP contribution in [0.3, 0.4) is 0 Å². The molecule has 3 rings (SSSR count). The van der Waals surface area contributed by atoms with E-state index < -0.39 is 5.79 Å². The number of nitrogens with one attached hydrogen (secondary N) is 1. The first-order valence-corrected chi connectivity index (χ1v) is 10.1. The molecule has 0 aliphatic heterocycles. The standard InChI is InChI=1S/C24H26FN3O4/c1-24(2,30)31-12-11-16-13-21(27-22(14-16)28-23(29)15-26)17-3-7-19(8-4-17)32-20-9-5-18(25)6-10-20/h3-10,13-14,30H,11-12,15,26H2,1-2H3,(H,27,28,29). The van der Waals surface area contributed by atoms with Gasteiger partial charge in [0.25, 0.3) is 0 Å². The predicted molar refractivity (Wildman–Crippen MR) is 120 cm³/mol. The van der Waals surface area contributed by atoms with Crippen molar-refractivity contribution in [2.45, 2.75) is 26.1 Å². The third-order valence-electron chi connectivity index (χ3n) is 4.38. The van der Waals surface area contributed by atoms with Gasteiger partial charge in [-0.05, 0) is 86.5 Å². The molecule has 0 aliphatic carbocycles. The number of benzene rings is 2. The molecule has 0 atom stereocenters. The van der Waals surface area contributed by atoms with Gasteiger partial charge in [0.15, 0.2) is 5.79 Å². The van der Waals surface area contributed by atoms with E-state index in [0.29, 0.717) is 36.0 Å². The Morgan fingerprint density at radius 3 is 2.31 bits per heavy atom. The number of aromatic nitrogens is 1. The van der Waals surface area contributed by atoms with Crippen molar-refractivity contribution in [3.63, 3.8) is 0 Å². The Kier molecular flexibility index (Phi) is 7.53. The zero-order chi connectivity index (χ0) is 23.1. The van der Waals surface area contributed by atoms with Gasteiger partial charge in [-0.15, -0.1) is 0 Å². The number of amides is 1. The van der Waals surface area contributed by atoms with Crippen LogP contribution in [0.1, 0.15) is 19.4 Å². The fourth-order valence-electron chi connectivity index (χ4n) is 2.89. The molecule has 1 amide bonds. The number of hydrogen-bond acceptors (Lipinski definition) is 6. The molecule has 0 fully saturated rings. The normalized spacial score (nSPS) is 11.3. The number of hydrogen-bond donors (Lipinski definition) is 3. The number of carbonyl (C=O) groups is 1. The van der Waals surface area contributed by atoms with Gasteiger partial charge in [0.05, 0.1) is 18.8 Å². The fourth-order valence-corrected chi connectivity index (χ4v) is 2.89. The van der Waals surface area contributed by atoms with Gasteiger partial charge in [-0.25, -0.2) is 9.37 Å². The summed E-state index contributed by atoms with van der Waals surface area (Å²) in [5.41, 5.74) is 7.73. The Hall–Kier alpha value is -3.33. The summed E-state index contributed by atoms with van der Waals surface area (Å²) in [6.07, 6.45) is 0.511. The molecule has 3 aromatic rings. The maximum atomic E-state index is 13.1. The Bertz CT molecular complexity index is 1050. The molecule has 2 aromatic carbocycles. The number of ether oxygens (including phenoxy) is 2. The van der Waals surface area contributed by atoms with Gasteiger partial charge in [0, 0.05) is 5.56 Å². The van der Waals surface area contributed by atoms with Gasteiger partial charge in [0.1, 0.15) is 23.1 Å². The maximum Gasteiger partial charge on any atom is 0.239 e. The number of rotatable bonds is 9. The highest BCUT2D eigenvalue weighted by atomic mass is 19.1. The highest BCUT2D eigenvalue weighted by Crippen LogP contribution is 2.27. The number of nitrogens with zero attached hydrogens (tertiary/aromatic N) is 1. The van der Waals surface area contributed by atoms with Gasteiger partial charge in [-0.1, -0.05) is 0 Å². The van der Waals surface area contributed by atoms with E-state index in [2.05, 4.69) is 10.3 Å². The molecule has 0 radical (unpaired) electrons. The number of halogens is 1. The second-order valence-corrected chi connectivity index (χ2v) is 7.62. The summed E-state index contributed by atoms with van der Waals surface area (Å²) in [7, 11) is 0. The zero-order valence-electron chi connectivity index (χ0n) is 18.0. The van der Waals surface area contributed by atoms with Gasteiger partial charge in [-0.3, -0.25) is 4.79 Å². The molecule has 4 N–H and O–H groups in total. The fraction of sp³-hybridized carbons (Fsp3) is 0.250. The van der Waals surface area contributed by atoms with E-state index in [4.69, 9.17) is 15.2 Å². The van der Waals surface area contributed by atoms with Crippen molar-refractivity contribution in [1.29, 1.82) is 0 Å². The second kappa shape index (κ2) is 10.3. The molecular weight excluding hydrogens is 413 g/mol. The second-order valence-electron chi connectivity index (χ2n) is 7.62. The minimum absolute atomic E-state index is 0.154. The van der Waals surface area contributed by atoms with Gasteiger partial charge in [0.2, 0.25) is 5.91 Å². The molecule has 0 unspecified atom stereocenters. The molecular formula is C24H26FN3O4. The van der Waals surface area contributed by atoms with Crippen molar-refractivity contribution >= 4 is 11.7 Å². The number of aliphatic hydroxyl groups is 1. The number of pyridine rings is 1. The molecule has 1 aromatic heterocycles. The van der Waals surface area contributed by atoms with Crippen LogP contribution in [0.25, 0.3) is 11.3 Å². The zero-order valence-corrected chi connectivity index (χ0v) is 18.0. The van der Waals surface area contributed by atoms with E-state index in [1.807, 2.05) is 18.2 Å². The van der Waals surface area contributed by atoms with Crippen molar-refractivity contribution in [1.82, 2.24) is 4.98 Å². The summed E-state index contributed by atoms with van der Waals surface area (Å²) in [6, 6.07) is 16.6. The molecule has 0 spiro atoms. The van der Waals surface area contributed by atoms with Crippen molar-refractivity contribution < 1.29 is 23.8 Å². The molecule has 0 saturated heterocycles. The summed E-state index contributed by atoms with van der Waals surface area (Å²) < 4.78 is 24.2. The summed E-state index contributed by atoms with van der Waals surface area (Å²) >= 11 is 0. The quantitative estimate of drug-likeness (QED) is 0.437. The van der Waals surface area contributed by atoms with Crippen LogP contribution in [0.4, 0.5) is 10.2 Å². The van der Waals surface area contributed by atoms with Crippen LogP contribution in [0.2, 0.25) is 0 Å². The average molecular weight is 439 g/mol. The van der Waals surface area contributed by atoms with Gasteiger partial charge < -0.3 is 25.6 Å². The lowest BCUT2D eigenvalue weighted by atomic mass is 10.1. The third-order valence-corrected chi connectivity index (χ3v) is 4.38. The van der Waals surface area contributed by atoms with E-state index in [1.165, 1.54) is 12.1 Å². The smallest absolute Gasteiger partial charge is 0.239 e. The van der Waals surface area contributed by atoms with E-state index in [1.54, 1.807) is 44.2 Å². The summed E-state index contributed by atoms with van der Waals surface area (Å²) in [5.74, 6) is -0.416. The van der Waals surface area contributed by atoms with Crippen LogP contribution < -0.4 is 15.8 Å². The van der Waals surface area contributed by atoms with Crippen molar-refractivity contribution in [2.75, 3.05) is 18.5 Å². The van der Waals surface area contributed by atoms with Crippen molar-refractivity contribution in [3.05, 3.63) is 72.0 Å². The third kappa shape index (κ3) is 7.12. The van der Waals surface area contributed by atoms with Crippen LogP contribution in [-0.2, 0) is 16.0 Å². The number of anilines is 1. The Labute approximate surface area is 186 Å². The lowest BCUT2D eigenvalue weighted by molar-refractivity contribution is -0.175. The Morgan fingerprint density at radius 1 is 1.09 bits per heavy atom. The van der Waals surface area contributed by atoms with E-state index in [-0.39, 0.29) is 18.3 Å². The molecule has 0 bridgehead atoms. The topological polar surface area (TPSA) is 107 Å². The Morgan fingerprint density at radius 2 is 1.72 bits per heavy atom. The molecule has 7 nitrogen and oxygen atoms in total. The van der Waals surface area contributed by atoms with Crippen LogP contribution in [0, 0.1) is 5.82 Å². The molecule has 32 heavy (non-hydrogen) atoms. The maximum absolute atomic E-state index is 13.1. The highest BCUT2D eigenvalue weighted by Gasteiger charge is 2.13.